The molecule has 4 rings (SSSR count). The van der Waals surface area contributed by atoms with Gasteiger partial charge >= 0.3 is 0 Å². The summed E-state index contributed by atoms with van der Waals surface area (Å²) in [5.41, 5.74) is 1.69. The predicted octanol–water partition coefficient (Wildman–Crippen LogP) is 3.98. The molecule has 0 N–H and O–H groups in total. The van der Waals surface area contributed by atoms with E-state index in [0.29, 0.717) is 11.8 Å². The second-order valence-corrected chi connectivity index (χ2v) is 7.51. The summed E-state index contributed by atoms with van der Waals surface area (Å²) >= 11 is 1.74. The van der Waals surface area contributed by atoms with Gasteiger partial charge in [0.1, 0.15) is 11.8 Å². The Hall–Kier alpha value is -2.61. The van der Waals surface area contributed by atoms with Gasteiger partial charge in [-0.3, -0.25) is 20.1 Å². The summed E-state index contributed by atoms with van der Waals surface area (Å²) in [4.78, 5) is 22.8. The number of aliphatic imine (C=N–C) groups is 1. The van der Waals surface area contributed by atoms with E-state index in [0.717, 1.165) is 28.6 Å². The average Bonchev–Trinajstić information content (AvgIpc) is 3.27. The number of nitro groups is 1. The number of ether oxygens (including phenoxy) is 1. The maximum Gasteiger partial charge on any atom is 0.270 e. The highest BCUT2D eigenvalue weighted by Gasteiger charge is 2.46. The lowest BCUT2D eigenvalue weighted by Gasteiger charge is -2.32. The first-order valence-electron chi connectivity index (χ1n) is 8.86. The fourth-order valence-corrected chi connectivity index (χ4v) is 5.09. The highest BCUT2D eigenvalue weighted by molar-refractivity contribution is 8.14. The van der Waals surface area contributed by atoms with E-state index in [2.05, 4.69) is 16.8 Å². The van der Waals surface area contributed by atoms with Crippen LogP contribution in [0.2, 0.25) is 0 Å². The first kappa shape index (κ1) is 17.8. The summed E-state index contributed by atoms with van der Waals surface area (Å²) in [7, 11) is 1.59. The third-order valence-electron chi connectivity index (χ3n) is 5.07. The van der Waals surface area contributed by atoms with Gasteiger partial charge in [0.15, 0.2) is 5.17 Å². The van der Waals surface area contributed by atoms with E-state index in [4.69, 9.17) is 9.73 Å². The van der Waals surface area contributed by atoms with Gasteiger partial charge in [0, 0.05) is 35.7 Å². The van der Waals surface area contributed by atoms with Crippen molar-refractivity contribution in [2.75, 3.05) is 12.9 Å². The van der Waals surface area contributed by atoms with E-state index < -0.39 is 0 Å². The van der Waals surface area contributed by atoms with Crippen molar-refractivity contribution in [2.24, 2.45) is 4.99 Å². The average molecular weight is 384 g/mol. The minimum absolute atomic E-state index is 0.0546. The van der Waals surface area contributed by atoms with Crippen LogP contribution < -0.4 is 4.74 Å². The predicted molar refractivity (Wildman–Crippen MR) is 105 cm³/mol. The van der Waals surface area contributed by atoms with Crippen molar-refractivity contribution < 1.29 is 9.66 Å². The second-order valence-electron chi connectivity index (χ2n) is 6.52. The number of nitrogens with zero attached hydrogens (tertiary/aromatic N) is 4. The molecule has 0 unspecified atom stereocenters. The fourth-order valence-electron chi connectivity index (χ4n) is 3.75. The first-order chi connectivity index (χ1) is 13.1. The maximum absolute atomic E-state index is 11.4. The molecule has 0 saturated carbocycles. The van der Waals surface area contributed by atoms with Crippen molar-refractivity contribution in [1.29, 1.82) is 0 Å². The quantitative estimate of drug-likeness (QED) is 0.573. The highest BCUT2D eigenvalue weighted by atomic mass is 32.2. The number of thioether (sulfide) groups is 1. The lowest BCUT2D eigenvalue weighted by atomic mass is 9.94. The molecule has 3 heterocycles. The van der Waals surface area contributed by atoms with Crippen molar-refractivity contribution in [3.05, 3.63) is 64.0 Å². The van der Waals surface area contributed by atoms with Gasteiger partial charge < -0.3 is 9.64 Å². The summed E-state index contributed by atoms with van der Waals surface area (Å²) in [6.07, 6.45) is 2.74. The monoisotopic (exact) mass is 384 g/mol. The Balaban J connectivity index is 1.87. The SMILES string of the molecule is CC[C@@H]1CSC2=N[C@@H](c3ccccn3)[C@H](c3cc([N+](=O)[O-])ccc3OC)N21. The lowest BCUT2D eigenvalue weighted by molar-refractivity contribution is -0.385. The summed E-state index contributed by atoms with van der Waals surface area (Å²) in [5, 5.41) is 12.4. The Kier molecular flexibility index (Phi) is 4.73. The molecule has 3 atom stereocenters. The zero-order valence-corrected chi connectivity index (χ0v) is 15.9. The Morgan fingerprint density at radius 2 is 2.22 bits per heavy atom. The van der Waals surface area contributed by atoms with Crippen molar-refractivity contribution in [2.45, 2.75) is 31.5 Å². The molecule has 2 aliphatic heterocycles. The minimum atomic E-state index is -0.370. The third-order valence-corrected chi connectivity index (χ3v) is 6.20. The van der Waals surface area contributed by atoms with E-state index in [1.165, 1.54) is 6.07 Å². The molecule has 1 aromatic carbocycles. The normalized spacial score (nSPS) is 23.9. The van der Waals surface area contributed by atoms with Crippen molar-refractivity contribution in [3.8, 4) is 5.75 Å². The van der Waals surface area contributed by atoms with Crippen molar-refractivity contribution in [3.63, 3.8) is 0 Å². The van der Waals surface area contributed by atoms with Gasteiger partial charge in [-0.05, 0) is 24.6 Å². The van der Waals surface area contributed by atoms with Gasteiger partial charge in [0.05, 0.1) is 23.8 Å². The number of non-ortho nitro benzene ring substituents is 1. The smallest absolute Gasteiger partial charge is 0.270 e. The summed E-state index contributed by atoms with van der Waals surface area (Å²) in [5.74, 6) is 1.60. The fraction of sp³-hybridized carbons (Fsp3) is 0.368. The number of benzene rings is 1. The molecular weight excluding hydrogens is 364 g/mol. The van der Waals surface area contributed by atoms with Crippen LogP contribution in [0.25, 0.3) is 0 Å². The number of fused-ring (bicyclic) bond motifs is 1. The molecule has 0 radical (unpaired) electrons. The number of aromatic nitrogens is 1. The van der Waals surface area contributed by atoms with Crippen LogP contribution in [0.1, 0.15) is 36.7 Å². The molecule has 140 valence electrons. The van der Waals surface area contributed by atoms with Crippen LogP contribution in [0.5, 0.6) is 5.75 Å². The van der Waals surface area contributed by atoms with Crippen LogP contribution in [-0.2, 0) is 0 Å². The van der Waals surface area contributed by atoms with Gasteiger partial charge in [0.25, 0.3) is 5.69 Å². The first-order valence-corrected chi connectivity index (χ1v) is 9.84. The topological polar surface area (TPSA) is 80.9 Å². The van der Waals surface area contributed by atoms with Gasteiger partial charge in [0.2, 0.25) is 0 Å². The van der Waals surface area contributed by atoms with E-state index >= 15 is 0 Å². The molecule has 8 heteroatoms. The van der Waals surface area contributed by atoms with Crippen LogP contribution in [0, 0.1) is 10.1 Å². The zero-order valence-electron chi connectivity index (χ0n) is 15.1. The summed E-state index contributed by atoms with van der Waals surface area (Å²) in [6.45, 7) is 2.16. The van der Waals surface area contributed by atoms with Gasteiger partial charge in [-0.15, -0.1) is 0 Å². The zero-order chi connectivity index (χ0) is 19.0. The minimum Gasteiger partial charge on any atom is -0.496 e. The maximum atomic E-state index is 11.4. The van der Waals surface area contributed by atoms with Crippen LogP contribution in [0.4, 0.5) is 5.69 Å². The standard InChI is InChI=1S/C19H20N4O3S/c1-3-12-11-27-19-21-17(15-6-4-5-9-20-15)18(22(12)19)14-10-13(23(24)25)7-8-16(14)26-2/h4-10,12,17-18H,3,11H2,1-2H3/t12-,17+,18+/m1/s1. The van der Waals surface area contributed by atoms with Crippen molar-refractivity contribution >= 4 is 22.6 Å². The number of nitro benzene ring substituents is 1. The molecule has 0 aliphatic carbocycles. The molecule has 2 aliphatic rings. The van der Waals surface area contributed by atoms with Crippen LogP contribution in [0.15, 0.2) is 47.6 Å². The molecule has 1 fully saturated rings. The third kappa shape index (κ3) is 3.03. The van der Waals surface area contributed by atoms with Gasteiger partial charge in [-0.1, -0.05) is 24.8 Å². The molecule has 0 bridgehead atoms. The Morgan fingerprint density at radius 3 is 2.89 bits per heavy atom. The number of pyridine rings is 1. The van der Waals surface area contributed by atoms with Crippen molar-refractivity contribution in [1.82, 2.24) is 9.88 Å². The Bertz CT molecular complexity index is 890. The molecule has 7 nitrogen and oxygen atoms in total. The van der Waals surface area contributed by atoms with Gasteiger partial charge in [-0.25, -0.2) is 0 Å². The number of methoxy groups -OCH3 is 1. The summed E-state index contributed by atoms with van der Waals surface area (Å²) in [6, 6.07) is 10.5. The summed E-state index contributed by atoms with van der Waals surface area (Å²) < 4.78 is 5.57. The number of hydrogen-bond acceptors (Lipinski definition) is 7. The molecule has 2 aromatic rings. The molecule has 27 heavy (non-hydrogen) atoms. The van der Waals surface area contributed by atoms with E-state index in [1.54, 1.807) is 37.2 Å². The van der Waals surface area contributed by atoms with Crippen LogP contribution in [-0.4, -0.2) is 38.9 Å². The van der Waals surface area contributed by atoms with Gasteiger partial charge in [-0.2, -0.15) is 0 Å². The van der Waals surface area contributed by atoms with E-state index in [1.807, 2.05) is 18.2 Å². The largest absolute Gasteiger partial charge is 0.496 e. The second kappa shape index (κ2) is 7.19. The number of amidine groups is 1. The lowest BCUT2D eigenvalue weighted by Crippen LogP contribution is -2.35. The number of rotatable bonds is 5. The highest BCUT2D eigenvalue weighted by Crippen LogP contribution is 2.50. The number of hydrogen-bond donors (Lipinski definition) is 0. The van der Waals surface area contributed by atoms with E-state index in [-0.39, 0.29) is 22.7 Å². The molecule has 0 spiro atoms. The molecule has 0 amide bonds. The molecule has 1 aromatic heterocycles. The van der Waals surface area contributed by atoms with Crippen LogP contribution in [0.3, 0.4) is 0 Å². The van der Waals surface area contributed by atoms with Crippen LogP contribution >= 0.6 is 11.8 Å². The Morgan fingerprint density at radius 1 is 1.37 bits per heavy atom. The molecular formula is C19H20N4O3S. The Labute approximate surface area is 161 Å². The molecule has 1 saturated heterocycles. The van der Waals surface area contributed by atoms with E-state index in [9.17, 15) is 10.1 Å².